The number of aromatic nitrogens is 3. The number of carbonyl (C=O) groups is 1. The van der Waals surface area contributed by atoms with E-state index < -0.39 is 0 Å². The molecule has 1 N–H and O–H groups in total. The number of ether oxygens (including phenoxy) is 1. The molecule has 0 unspecified atom stereocenters. The number of nitrogens with one attached hydrogen (secondary N) is 1. The number of imidazole rings is 1. The molecule has 136 valence electrons. The lowest BCUT2D eigenvalue weighted by atomic mass is 10.2. The van der Waals surface area contributed by atoms with Gasteiger partial charge in [0.1, 0.15) is 17.1 Å². The highest BCUT2D eigenvalue weighted by Crippen LogP contribution is 2.32. The van der Waals surface area contributed by atoms with Crippen LogP contribution < -0.4 is 10.2 Å². The summed E-state index contributed by atoms with van der Waals surface area (Å²) in [5.41, 5.74) is 6.21. The van der Waals surface area contributed by atoms with Crippen molar-refractivity contribution in [2.75, 3.05) is 12.0 Å². The fourth-order valence-corrected chi connectivity index (χ4v) is 3.67. The zero-order chi connectivity index (χ0) is 18.6. The van der Waals surface area contributed by atoms with Crippen LogP contribution in [0.1, 0.15) is 12.6 Å². The molecule has 0 saturated carbocycles. The summed E-state index contributed by atoms with van der Waals surface area (Å²) in [5, 5.41) is 2.75. The molecular weight excluding hydrogens is 360 g/mol. The Hall–Kier alpha value is -3.19. The van der Waals surface area contributed by atoms with E-state index in [2.05, 4.69) is 15.4 Å². The second-order valence-electron chi connectivity index (χ2n) is 5.89. The van der Waals surface area contributed by atoms with Gasteiger partial charge in [-0.25, -0.2) is 14.6 Å². The van der Waals surface area contributed by atoms with Crippen LogP contribution in [0.4, 0.5) is 0 Å². The van der Waals surface area contributed by atoms with Crippen LogP contribution in [0.25, 0.3) is 21.6 Å². The van der Waals surface area contributed by atoms with Crippen LogP contribution in [0.5, 0.6) is 5.75 Å². The van der Waals surface area contributed by atoms with Gasteiger partial charge in [0.15, 0.2) is 0 Å². The predicted octanol–water partition coefficient (Wildman–Crippen LogP) is 3.87. The lowest BCUT2D eigenvalue weighted by molar-refractivity contribution is -0.116. The van der Waals surface area contributed by atoms with Crippen molar-refractivity contribution < 1.29 is 9.53 Å². The summed E-state index contributed by atoms with van der Waals surface area (Å²) >= 11 is 1.50. The molecule has 0 atom stereocenters. The highest BCUT2D eigenvalue weighted by Gasteiger charge is 2.13. The molecule has 4 aromatic rings. The minimum atomic E-state index is -0.145. The van der Waals surface area contributed by atoms with E-state index in [0.29, 0.717) is 6.61 Å². The molecule has 2 aromatic carbocycles. The highest BCUT2D eigenvalue weighted by atomic mass is 32.1. The van der Waals surface area contributed by atoms with Crippen LogP contribution in [0.2, 0.25) is 0 Å². The Bertz CT molecular complexity index is 1090. The third-order valence-electron chi connectivity index (χ3n) is 4.01. The number of hydrogen-bond donors (Lipinski definition) is 1. The Labute approximate surface area is 160 Å². The Balaban J connectivity index is 1.49. The summed E-state index contributed by atoms with van der Waals surface area (Å²) in [5.74, 6) is 0.656. The minimum absolute atomic E-state index is 0.145. The van der Waals surface area contributed by atoms with Gasteiger partial charge >= 0.3 is 0 Å². The largest absolute Gasteiger partial charge is 0.493 e. The highest BCUT2D eigenvalue weighted by molar-refractivity contribution is 7.13. The van der Waals surface area contributed by atoms with E-state index >= 15 is 0 Å². The van der Waals surface area contributed by atoms with E-state index in [4.69, 9.17) is 4.74 Å². The van der Waals surface area contributed by atoms with Crippen LogP contribution >= 0.6 is 11.3 Å². The molecule has 2 aromatic heterocycles. The Morgan fingerprint density at radius 3 is 2.89 bits per heavy atom. The molecule has 2 heterocycles. The van der Waals surface area contributed by atoms with Crippen molar-refractivity contribution in [1.29, 1.82) is 0 Å². The summed E-state index contributed by atoms with van der Waals surface area (Å²) in [4.78, 5) is 21.3. The van der Waals surface area contributed by atoms with Gasteiger partial charge in [0.05, 0.1) is 35.3 Å². The first-order valence-corrected chi connectivity index (χ1v) is 9.51. The van der Waals surface area contributed by atoms with Crippen LogP contribution in [0.15, 0.2) is 60.2 Å². The maximum Gasteiger partial charge on any atom is 0.244 e. The molecule has 0 radical (unpaired) electrons. The lowest BCUT2D eigenvalue weighted by Gasteiger charge is -2.07. The fraction of sp³-hybridized carbons (Fsp3) is 0.150. The number of benzene rings is 2. The van der Waals surface area contributed by atoms with Crippen molar-refractivity contribution in [3.8, 4) is 16.3 Å². The average molecular weight is 378 g/mol. The summed E-state index contributed by atoms with van der Waals surface area (Å²) < 4.78 is 7.30. The molecular formula is C20H18N4O2S. The number of carbonyl (C=O) groups excluding carboxylic acids is 1. The topological polar surface area (TPSA) is 69.0 Å². The normalized spacial score (nSPS) is 10.9. The van der Waals surface area contributed by atoms with Crippen molar-refractivity contribution >= 4 is 28.3 Å². The van der Waals surface area contributed by atoms with Crippen molar-refractivity contribution in [3.05, 3.63) is 65.9 Å². The first-order chi connectivity index (χ1) is 13.2. The maximum absolute atomic E-state index is 12.4. The molecule has 0 aliphatic carbocycles. The van der Waals surface area contributed by atoms with Crippen LogP contribution in [-0.2, 0) is 11.2 Å². The van der Waals surface area contributed by atoms with Gasteiger partial charge in [-0.1, -0.05) is 24.3 Å². The maximum atomic E-state index is 12.4. The molecule has 0 spiro atoms. The van der Waals surface area contributed by atoms with Crippen molar-refractivity contribution in [2.24, 2.45) is 0 Å². The van der Waals surface area contributed by atoms with Crippen molar-refractivity contribution in [1.82, 2.24) is 14.6 Å². The van der Waals surface area contributed by atoms with Gasteiger partial charge in [-0.2, -0.15) is 0 Å². The van der Waals surface area contributed by atoms with Gasteiger partial charge < -0.3 is 4.74 Å². The monoisotopic (exact) mass is 378 g/mol. The number of fused-ring (bicyclic) bond motifs is 1. The zero-order valence-electron chi connectivity index (χ0n) is 14.8. The van der Waals surface area contributed by atoms with Crippen LogP contribution in [0.3, 0.4) is 0 Å². The molecule has 27 heavy (non-hydrogen) atoms. The number of amides is 1. The number of para-hydroxylation sites is 3. The number of thiazole rings is 1. The van der Waals surface area contributed by atoms with E-state index in [1.165, 1.54) is 11.3 Å². The Morgan fingerprint density at radius 2 is 2.00 bits per heavy atom. The molecule has 0 saturated heterocycles. The van der Waals surface area contributed by atoms with Gasteiger partial charge in [-0.3, -0.25) is 10.2 Å². The molecule has 6 nitrogen and oxygen atoms in total. The van der Waals surface area contributed by atoms with Gasteiger partial charge in [-0.05, 0) is 31.2 Å². The third kappa shape index (κ3) is 3.68. The molecule has 0 aliphatic heterocycles. The summed E-state index contributed by atoms with van der Waals surface area (Å²) in [6, 6.07) is 15.4. The van der Waals surface area contributed by atoms with E-state index in [1.807, 2.05) is 60.8 Å². The van der Waals surface area contributed by atoms with E-state index in [-0.39, 0.29) is 12.3 Å². The third-order valence-corrected chi connectivity index (χ3v) is 4.93. The Kier molecular flexibility index (Phi) is 4.84. The summed E-state index contributed by atoms with van der Waals surface area (Å²) in [6.45, 7) is 2.55. The molecule has 0 aliphatic rings. The van der Waals surface area contributed by atoms with Crippen LogP contribution in [-0.4, -0.2) is 27.2 Å². The van der Waals surface area contributed by atoms with Crippen molar-refractivity contribution in [2.45, 2.75) is 13.3 Å². The van der Waals surface area contributed by atoms with E-state index in [1.54, 1.807) is 11.0 Å². The standard InChI is InChI=1S/C20H18N4O2S/c1-2-26-18-10-6-3-7-15(18)20-22-14(12-27-20)11-19(25)23-24-13-21-16-8-4-5-9-17(16)24/h3-10,12-13H,2,11H2,1H3,(H,23,25). The second-order valence-corrected chi connectivity index (χ2v) is 6.75. The number of hydrogen-bond acceptors (Lipinski definition) is 5. The average Bonchev–Trinajstić information content (AvgIpc) is 3.30. The smallest absolute Gasteiger partial charge is 0.244 e. The molecule has 0 bridgehead atoms. The molecule has 0 fully saturated rings. The van der Waals surface area contributed by atoms with E-state index in [9.17, 15) is 4.79 Å². The van der Waals surface area contributed by atoms with Gasteiger partial charge in [0.2, 0.25) is 5.91 Å². The first-order valence-electron chi connectivity index (χ1n) is 8.63. The van der Waals surface area contributed by atoms with Gasteiger partial charge in [0.25, 0.3) is 0 Å². The summed E-state index contributed by atoms with van der Waals surface area (Å²) in [6.07, 6.45) is 1.80. The lowest BCUT2D eigenvalue weighted by Crippen LogP contribution is -2.23. The molecule has 7 heteroatoms. The number of rotatable bonds is 6. The fourth-order valence-electron chi connectivity index (χ4n) is 2.82. The van der Waals surface area contributed by atoms with Gasteiger partial charge in [0, 0.05) is 5.38 Å². The second kappa shape index (κ2) is 7.59. The van der Waals surface area contributed by atoms with E-state index in [0.717, 1.165) is 33.0 Å². The van der Waals surface area contributed by atoms with Crippen molar-refractivity contribution in [3.63, 3.8) is 0 Å². The zero-order valence-corrected chi connectivity index (χ0v) is 15.6. The predicted molar refractivity (Wildman–Crippen MR) is 107 cm³/mol. The summed E-state index contributed by atoms with van der Waals surface area (Å²) in [7, 11) is 0. The SMILES string of the molecule is CCOc1ccccc1-c1nc(CC(=O)Nn2cnc3ccccc32)cs1. The molecule has 1 amide bonds. The quantitative estimate of drug-likeness (QED) is 0.553. The minimum Gasteiger partial charge on any atom is -0.493 e. The first kappa shape index (κ1) is 17.2. The van der Waals surface area contributed by atoms with Crippen LogP contribution in [0, 0.1) is 0 Å². The number of nitrogens with zero attached hydrogens (tertiary/aromatic N) is 3. The molecule has 4 rings (SSSR count). The van der Waals surface area contributed by atoms with Gasteiger partial charge in [-0.15, -0.1) is 11.3 Å². The Morgan fingerprint density at radius 1 is 1.19 bits per heavy atom.